The van der Waals surface area contributed by atoms with Gasteiger partial charge in [0.1, 0.15) is 23.1 Å². The van der Waals surface area contributed by atoms with Gasteiger partial charge >= 0.3 is 0 Å². The molecule has 1 aromatic heterocycles. The summed E-state index contributed by atoms with van der Waals surface area (Å²) in [6, 6.07) is 14.3. The summed E-state index contributed by atoms with van der Waals surface area (Å²) < 4.78 is 28.0. The van der Waals surface area contributed by atoms with E-state index in [1.54, 1.807) is 35.2 Å². The van der Waals surface area contributed by atoms with Gasteiger partial charge in [-0.1, -0.05) is 18.2 Å². The predicted molar refractivity (Wildman–Crippen MR) is 121 cm³/mol. The molecular formula is C24H20F2N6O. The molecule has 0 amide bonds. The highest BCUT2D eigenvalue weighted by Crippen LogP contribution is 2.44. The number of nitrogens with one attached hydrogen (secondary N) is 1. The molecule has 1 saturated carbocycles. The second kappa shape index (κ2) is 8.15. The van der Waals surface area contributed by atoms with Gasteiger partial charge in [-0.25, -0.2) is 18.8 Å². The highest BCUT2D eigenvalue weighted by atomic mass is 19.1. The molecule has 0 spiro atoms. The quantitative estimate of drug-likeness (QED) is 0.549. The Morgan fingerprint density at radius 2 is 1.88 bits per heavy atom. The van der Waals surface area contributed by atoms with Gasteiger partial charge in [-0.05, 0) is 37.1 Å². The number of aliphatic hydroxyl groups excluding tert-OH is 1. The van der Waals surface area contributed by atoms with E-state index in [-0.39, 0.29) is 18.2 Å². The Bertz CT molecular complexity index is 1290. The predicted octanol–water partition coefficient (Wildman–Crippen LogP) is 3.85. The number of nitriles is 1. The van der Waals surface area contributed by atoms with E-state index in [0.717, 1.165) is 12.8 Å². The number of nitrogens with zero attached hydrogens (tertiary/aromatic N) is 4. The average Bonchev–Trinajstić information content (AvgIpc) is 3.63. The summed E-state index contributed by atoms with van der Waals surface area (Å²) in [7, 11) is 0. The third kappa shape index (κ3) is 3.85. The number of rotatable bonds is 5. The zero-order valence-corrected chi connectivity index (χ0v) is 17.5. The van der Waals surface area contributed by atoms with E-state index < -0.39 is 17.9 Å². The van der Waals surface area contributed by atoms with E-state index in [1.807, 2.05) is 0 Å². The van der Waals surface area contributed by atoms with E-state index in [2.05, 4.69) is 21.4 Å². The van der Waals surface area contributed by atoms with Crippen LogP contribution >= 0.6 is 0 Å². The lowest BCUT2D eigenvalue weighted by molar-refractivity contribution is 0.230. The van der Waals surface area contributed by atoms with Gasteiger partial charge in [0.2, 0.25) is 0 Å². The van der Waals surface area contributed by atoms with E-state index >= 15 is 0 Å². The van der Waals surface area contributed by atoms with Crippen molar-refractivity contribution in [3.05, 3.63) is 76.9 Å². The van der Waals surface area contributed by atoms with Gasteiger partial charge in [0.25, 0.3) is 0 Å². The third-order valence-electron chi connectivity index (χ3n) is 5.72. The van der Waals surface area contributed by atoms with Crippen LogP contribution in [-0.4, -0.2) is 28.1 Å². The standard InChI is InChI=1S/C24H20F2N6O/c25-17-5-2-6-18(26)16(17)12-29-20-10-19(28)22-23(30-20)32(15-7-8-15)24(33)21(31-22)14-4-1-3-13(9-14)11-27/h1-6,9-10,15,24,33H,7-8,12H2,(H3,28,29,30). The fraction of sp³-hybridized carbons (Fsp3) is 0.208. The molecular weight excluding hydrogens is 426 g/mol. The number of aliphatic imine (C=N–C) groups is 1. The van der Waals surface area contributed by atoms with Gasteiger partial charge in [0, 0.05) is 29.8 Å². The molecule has 2 aliphatic rings. The van der Waals surface area contributed by atoms with E-state index in [0.29, 0.717) is 39.8 Å². The number of pyridine rings is 1. The molecule has 1 atom stereocenters. The van der Waals surface area contributed by atoms with Crippen molar-refractivity contribution in [2.75, 3.05) is 16.0 Å². The summed E-state index contributed by atoms with van der Waals surface area (Å²) >= 11 is 0. The lowest BCUT2D eigenvalue weighted by Gasteiger charge is -2.35. The van der Waals surface area contributed by atoms with Crippen molar-refractivity contribution in [2.45, 2.75) is 31.7 Å². The van der Waals surface area contributed by atoms with Crippen molar-refractivity contribution in [2.24, 2.45) is 4.99 Å². The van der Waals surface area contributed by atoms with Crippen molar-refractivity contribution in [1.29, 1.82) is 5.26 Å². The molecule has 2 heterocycles. The Balaban J connectivity index is 1.53. The number of hydrogen-bond donors (Lipinski definition) is 3. The Kier molecular flexibility index (Phi) is 5.15. The van der Waals surface area contributed by atoms with Crippen LogP contribution in [0.1, 0.15) is 29.5 Å². The average molecular weight is 446 g/mol. The zero-order valence-electron chi connectivity index (χ0n) is 17.5. The Morgan fingerprint density at radius 3 is 2.58 bits per heavy atom. The minimum Gasteiger partial charge on any atom is -0.397 e. The summed E-state index contributed by atoms with van der Waals surface area (Å²) in [5, 5.41) is 23.3. The second-order valence-electron chi connectivity index (χ2n) is 8.02. The fourth-order valence-corrected chi connectivity index (χ4v) is 3.92. The lowest BCUT2D eigenvalue weighted by atomic mass is 10.0. The van der Waals surface area contributed by atoms with E-state index in [4.69, 9.17) is 5.73 Å². The number of benzene rings is 2. The molecule has 1 fully saturated rings. The first-order chi connectivity index (χ1) is 16.0. The Labute approximate surface area is 188 Å². The lowest BCUT2D eigenvalue weighted by Crippen LogP contribution is -2.45. The monoisotopic (exact) mass is 446 g/mol. The molecule has 1 aliphatic heterocycles. The van der Waals surface area contributed by atoms with Gasteiger partial charge < -0.3 is 21.1 Å². The van der Waals surface area contributed by atoms with Crippen molar-refractivity contribution in [1.82, 2.24) is 4.98 Å². The number of hydrogen-bond acceptors (Lipinski definition) is 7. The van der Waals surface area contributed by atoms with Crippen LogP contribution in [-0.2, 0) is 6.54 Å². The van der Waals surface area contributed by atoms with E-state index in [1.165, 1.54) is 18.2 Å². The van der Waals surface area contributed by atoms with Crippen molar-refractivity contribution < 1.29 is 13.9 Å². The van der Waals surface area contributed by atoms with Gasteiger partial charge in [-0.2, -0.15) is 5.26 Å². The van der Waals surface area contributed by atoms with Crippen molar-refractivity contribution in [3.63, 3.8) is 0 Å². The molecule has 5 rings (SSSR count). The van der Waals surface area contributed by atoms with Crippen LogP contribution in [0.3, 0.4) is 0 Å². The van der Waals surface area contributed by atoms with Crippen LogP contribution in [0.5, 0.6) is 0 Å². The molecule has 166 valence electrons. The summed E-state index contributed by atoms with van der Waals surface area (Å²) in [6.45, 7) is -0.120. The molecule has 9 heteroatoms. The molecule has 1 unspecified atom stereocenters. The highest BCUT2D eigenvalue weighted by Gasteiger charge is 2.41. The topological polar surface area (TPSA) is 111 Å². The molecule has 0 saturated heterocycles. The number of halogens is 2. The van der Waals surface area contributed by atoms with Gasteiger partial charge in [-0.15, -0.1) is 0 Å². The van der Waals surface area contributed by atoms with Crippen LogP contribution in [0.2, 0.25) is 0 Å². The van der Waals surface area contributed by atoms with Crippen LogP contribution < -0.4 is 16.0 Å². The van der Waals surface area contributed by atoms with Crippen LogP contribution in [0.15, 0.2) is 53.5 Å². The minimum absolute atomic E-state index is 0.0644. The number of nitrogens with two attached hydrogens (primary N) is 1. The van der Waals surface area contributed by atoms with Gasteiger partial charge in [0.15, 0.2) is 12.0 Å². The molecule has 0 radical (unpaired) electrons. The summed E-state index contributed by atoms with van der Waals surface area (Å²) in [6.07, 6.45) is 0.675. The van der Waals surface area contributed by atoms with Gasteiger partial charge in [-0.3, -0.25) is 0 Å². The largest absolute Gasteiger partial charge is 0.397 e. The van der Waals surface area contributed by atoms with Crippen molar-refractivity contribution >= 4 is 28.7 Å². The molecule has 7 nitrogen and oxygen atoms in total. The molecule has 3 aromatic rings. The van der Waals surface area contributed by atoms with E-state index in [9.17, 15) is 19.1 Å². The number of nitrogen functional groups attached to an aromatic ring is 1. The fourth-order valence-electron chi connectivity index (χ4n) is 3.92. The number of anilines is 3. The number of aromatic nitrogens is 1. The maximum Gasteiger partial charge on any atom is 0.172 e. The van der Waals surface area contributed by atoms with Crippen LogP contribution in [0.4, 0.5) is 31.8 Å². The first-order valence-electron chi connectivity index (χ1n) is 10.5. The molecule has 4 N–H and O–H groups in total. The second-order valence-corrected chi connectivity index (χ2v) is 8.02. The zero-order chi connectivity index (χ0) is 23.1. The summed E-state index contributed by atoms with van der Waals surface area (Å²) in [5.74, 6) is -0.590. The number of aliphatic hydroxyl groups is 1. The van der Waals surface area contributed by atoms with Crippen LogP contribution in [0.25, 0.3) is 0 Å². The SMILES string of the molecule is N#Cc1cccc(C2=Nc3c(N)cc(NCc4c(F)cccc4F)nc3N(C3CC3)C2O)c1. The van der Waals surface area contributed by atoms with Gasteiger partial charge in [0.05, 0.1) is 23.0 Å². The first kappa shape index (κ1) is 20.8. The first-order valence-corrected chi connectivity index (χ1v) is 10.5. The highest BCUT2D eigenvalue weighted by molar-refractivity contribution is 6.10. The Hall–Kier alpha value is -4.03. The van der Waals surface area contributed by atoms with Crippen molar-refractivity contribution in [3.8, 4) is 6.07 Å². The minimum atomic E-state index is -1.08. The molecule has 2 aromatic carbocycles. The third-order valence-corrected chi connectivity index (χ3v) is 5.72. The maximum atomic E-state index is 14.0. The molecule has 0 bridgehead atoms. The maximum absolute atomic E-state index is 14.0. The smallest absolute Gasteiger partial charge is 0.172 e. The summed E-state index contributed by atoms with van der Waals surface area (Å²) in [5.41, 5.74) is 8.37. The molecule has 33 heavy (non-hydrogen) atoms. The Morgan fingerprint density at radius 1 is 1.15 bits per heavy atom. The molecule has 1 aliphatic carbocycles. The van der Waals surface area contributed by atoms with Crippen LogP contribution in [0, 0.1) is 23.0 Å². The normalized spacial score (nSPS) is 17.2. The summed E-state index contributed by atoms with van der Waals surface area (Å²) in [4.78, 5) is 10.9. The number of fused-ring (bicyclic) bond motifs is 1.